The normalized spacial score (nSPS) is 11.6. The van der Waals surface area contributed by atoms with Gasteiger partial charge in [0.25, 0.3) is 11.7 Å². The Labute approximate surface area is 105 Å². The van der Waals surface area contributed by atoms with Crippen LogP contribution in [0.5, 0.6) is 0 Å². The molecule has 2 rings (SSSR count). The zero-order chi connectivity index (χ0) is 14.2. The molecule has 7 nitrogen and oxygen atoms in total. The van der Waals surface area contributed by atoms with E-state index in [0.717, 1.165) is 4.68 Å². The summed E-state index contributed by atoms with van der Waals surface area (Å²) in [5, 5.41) is 5.42. The molecule has 10 heteroatoms. The highest BCUT2D eigenvalue weighted by Crippen LogP contribution is 2.27. The Hall–Kier alpha value is -2.39. The molecule has 0 aromatic carbocycles. The highest BCUT2D eigenvalue weighted by molar-refractivity contribution is 6.01. The molecule has 102 valence electrons. The summed E-state index contributed by atoms with van der Waals surface area (Å²) in [5.41, 5.74) is 0.191. The fraction of sp³-hybridized carbons (Fsp3) is 0.333. The van der Waals surface area contributed by atoms with Crippen LogP contribution in [0.4, 0.5) is 19.1 Å². The van der Waals surface area contributed by atoms with Crippen LogP contribution < -0.4 is 5.32 Å². The maximum absolute atomic E-state index is 12.4. The second-order valence-corrected chi connectivity index (χ2v) is 3.72. The Morgan fingerprint density at radius 3 is 2.53 bits per heavy atom. The summed E-state index contributed by atoms with van der Waals surface area (Å²) in [5.74, 6) is -2.22. The van der Waals surface area contributed by atoms with Gasteiger partial charge < -0.3 is 4.57 Å². The Balaban J connectivity index is 2.23. The highest BCUT2D eigenvalue weighted by Gasteiger charge is 2.37. The van der Waals surface area contributed by atoms with E-state index < -0.39 is 17.9 Å². The summed E-state index contributed by atoms with van der Waals surface area (Å²) >= 11 is 0. The third-order valence-corrected chi connectivity index (χ3v) is 2.29. The molecule has 0 bridgehead atoms. The number of carbonyl (C=O) groups excluding carboxylic acids is 1. The van der Waals surface area contributed by atoms with Gasteiger partial charge in [-0.15, -0.1) is 5.10 Å². The molecule has 0 aliphatic heterocycles. The minimum Gasteiger partial charge on any atom is -0.330 e. The molecule has 0 radical (unpaired) electrons. The van der Waals surface area contributed by atoms with Crippen LogP contribution in [-0.4, -0.2) is 30.2 Å². The molecule has 0 aliphatic carbocycles. The standard InChI is InChI=1S/C9H9F3N6O/c1-17-4-13-3-5(17)6(19)14-8-15-7(9(10,11)12)16-18(8)2/h3-4H,1-2H3,(H,14,15,16,19). The maximum Gasteiger partial charge on any atom is 0.453 e. The van der Waals surface area contributed by atoms with Gasteiger partial charge in [0.05, 0.1) is 12.5 Å². The van der Waals surface area contributed by atoms with Crippen molar-refractivity contribution < 1.29 is 18.0 Å². The summed E-state index contributed by atoms with van der Waals surface area (Å²) in [6.07, 6.45) is -1.98. The number of nitrogens with one attached hydrogen (secondary N) is 1. The van der Waals surface area contributed by atoms with Gasteiger partial charge in [-0.2, -0.15) is 18.2 Å². The fourth-order valence-electron chi connectivity index (χ4n) is 1.35. The van der Waals surface area contributed by atoms with Crippen LogP contribution in [0, 0.1) is 0 Å². The lowest BCUT2D eigenvalue weighted by Crippen LogP contribution is -2.18. The number of hydrogen-bond acceptors (Lipinski definition) is 4. The quantitative estimate of drug-likeness (QED) is 0.879. The second kappa shape index (κ2) is 4.37. The number of halogens is 3. The van der Waals surface area contributed by atoms with Crippen molar-refractivity contribution in [2.45, 2.75) is 6.18 Å². The first-order valence-electron chi connectivity index (χ1n) is 5.05. The van der Waals surface area contributed by atoms with Crippen molar-refractivity contribution in [2.24, 2.45) is 14.1 Å². The van der Waals surface area contributed by atoms with Crippen molar-refractivity contribution in [1.82, 2.24) is 24.3 Å². The zero-order valence-electron chi connectivity index (χ0n) is 9.93. The molecular formula is C9H9F3N6O. The maximum atomic E-state index is 12.4. The molecule has 0 aliphatic rings. The Bertz CT molecular complexity index is 614. The van der Waals surface area contributed by atoms with E-state index in [0.29, 0.717) is 0 Å². The van der Waals surface area contributed by atoms with Crippen LogP contribution in [0.25, 0.3) is 0 Å². The SMILES string of the molecule is Cn1cncc1C(=O)Nc1nc(C(F)(F)F)nn1C. The first-order chi connectivity index (χ1) is 8.79. The Morgan fingerprint density at radius 2 is 2.05 bits per heavy atom. The summed E-state index contributed by atoms with van der Waals surface area (Å²) in [6.45, 7) is 0. The Morgan fingerprint density at radius 1 is 1.37 bits per heavy atom. The van der Waals surface area contributed by atoms with Gasteiger partial charge in [0, 0.05) is 14.1 Å². The molecule has 0 unspecified atom stereocenters. The third kappa shape index (κ3) is 2.56. The lowest BCUT2D eigenvalue weighted by molar-refractivity contribution is -0.144. The first kappa shape index (κ1) is 13.1. The predicted octanol–water partition coefficient (Wildman–Crippen LogP) is 0.820. The minimum absolute atomic E-state index is 0.191. The average Bonchev–Trinajstić information content (AvgIpc) is 2.85. The van der Waals surface area contributed by atoms with Crippen LogP contribution in [0.3, 0.4) is 0 Å². The van der Waals surface area contributed by atoms with E-state index in [9.17, 15) is 18.0 Å². The monoisotopic (exact) mass is 274 g/mol. The molecular weight excluding hydrogens is 265 g/mol. The van der Waals surface area contributed by atoms with E-state index in [2.05, 4.69) is 20.4 Å². The van der Waals surface area contributed by atoms with Crippen LogP contribution in [0.15, 0.2) is 12.5 Å². The lowest BCUT2D eigenvalue weighted by Gasteiger charge is -2.03. The summed E-state index contributed by atoms with van der Waals surface area (Å²) in [7, 11) is 2.83. The largest absolute Gasteiger partial charge is 0.453 e. The van der Waals surface area contributed by atoms with Gasteiger partial charge in [-0.05, 0) is 0 Å². The van der Waals surface area contributed by atoms with E-state index in [4.69, 9.17) is 0 Å². The van der Waals surface area contributed by atoms with Gasteiger partial charge >= 0.3 is 6.18 Å². The summed E-state index contributed by atoms with van der Waals surface area (Å²) in [6, 6.07) is 0. The highest BCUT2D eigenvalue weighted by atomic mass is 19.4. The van der Waals surface area contributed by atoms with E-state index in [1.165, 1.54) is 24.1 Å². The number of rotatable bonds is 2. The molecule has 1 amide bonds. The number of alkyl halides is 3. The van der Waals surface area contributed by atoms with E-state index in [1.54, 1.807) is 7.05 Å². The smallest absolute Gasteiger partial charge is 0.330 e. The molecule has 19 heavy (non-hydrogen) atoms. The van der Waals surface area contributed by atoms with Crippen molar-refractivity contribution in [3.05, 3.63) is 24.0 Å². The van der Waals surface area contributed by atoms with Crippen LogP contribution in [0.1, 0.15) is 16.3 Å². The summed E-state index contributed by atoms with van der Waals surface area (Å²) in [4.78, 5) is 18.7. The zero-order valence-corrected chi connectivity index (χ0v) is 9.93. The first-order valence-corrected chi connectivity index (χ1v) is 5.05. The predicted molar refractivity (Wildman–Crippen MR) is 57.2 cm³/mol. The average molecular weight is 274 g/mol. The van der Waals surface area contributed by atoms with Crippen molar-refractivity contribution in [3.63, 3.8) is 0 Å². The molecule has 2 heterocycles. The molecule has 0 saturated carbocycles. The van der Waals surface area contributed by atoms with E-state index >= 15 is 0 Å². The second-order valence-electron chi connectivity index (χ2n) is 3.72. The number of nitrogens with zero attached hydrogens (tertiary/aromatic N) is 5. The van der Waals surface area contributed by atoms with Gasteiger partial charge in [0.2, 0.25) is 5.95 Å². The Kier molecular flexibility index (Phi) is 3.00. The number of anilines is 1. The van der Waals surface area contributed by atoms with Crippen LogP contribution >= 0.6 is 0 Å². The molecule has 0 fully saturated rings. The molecule has 0 atom stereocenters. The van der Waals surface area contributed by atoms with Gasteiger partial charge in [-0.1, -0.05) is 0 Å². The molecule has 1 N–H and O–H groups in total. The number of aromatic nitrogens is 5. The topological polar surface area (TPSA) is 77.6 Å². The number of hydrogen-bond donors (Lipinski definition) is 1. The molecule has 0 spiro atoms. The van der Waals surface area contributed by atoms with E-state index in [1.807, 2.05) is 0 Å². The van der Waals surface area contributed by atoms with Gasteiger partial charge in [0.1, 0.15) is 5.69 Å². The van der Waals surface area contributed by atoms with Gasteiger partial charge in [-0.25, -0.2) is 9.67 Å². The number of imidazole rings is 1. The minimum atomic E-state index is -4.66. The fourth-order valence-corrected chi connectivity index (χ4v) is 1.35. The van der Waals surface area contributed by atoms with Crippen LogP contribution in [0.2, 0.25) is 0 Å². The summed E-state index contributed by atoms with van der Waals surface area (Å²) < 4.78 is 39.4. The molecule has 0 saturated heterocycles. The van der Waals surface area contributed by atoms with Crippen molar-refractivity contribution in [3.8, 4) is 0 Å². The van der Waals surface area contributed by atoms with Crippen molar-refractivity contribution in [1.29, 1.82) is 0 Å². The molecule has 2 aromatic rings. The van der Waals surface area contributed by atoms with Gasteiger partial charge in [-0.3, -0.25) is 10.1 Å². The van der Waals surface area contributed by atoms with E-state index in [-0.39, 0.29) is 11.6 Å². The number of carbonyl (C=O) groups is 1. The number of amides is 1. The van der Waals surface area contributed by atoms with Gasteiger partial charge in [0.15, 0.2) is 0 Å². The third-order valence-electron chi connectivity index (χ3n) is 2.29. The molecule has 2 aromatic heterocycles. The van der Waals surface area contributed by atoms with Crippen LogP contribution in [-0.2, 0) is 20.3 Å². The van der Waals surface area contributed by atoms with Crippen molar-refractivity contribution >= 4 is 11.9 Å². The lowest BCUT2D eigenvalue weighted by atomic mass is 10.4. The van der Waals surface area contributed by atoms with Crippen molar-refractivity contribution in [2.75, 3.05) is 5.32 Å². The number of aryl methyl sites for hydroxylation is 2.